The maximum absolute atomic E-state index is 12.6. The van der Waals surface area contributed by atoms with Gasteiger partial charge in [-0.05, 0) is 42.5 Å². The molecular weight excluding hydrogens is 372 g/mol. The van der Waals surface area contributed by atoms with Crippen molar-refractivity contribution in [3.8, 4) is 17.1 Å². The average Bonchev–Trinajstić information content (AvgIpc) is 3.18. The number of nitro benzene ring substituents is 1. The minimum absolute atomic E-state index is 0.0778. The van der Waals surface area contributed by atoms with Gasteiger partial charge in [-0.2, -0.15) is 0 Å². The van der Waals surface area contributed by atoms with Crippen molar-refractivity contribution in [3.05, 3.63) is 82.4 Å². The summed E-state index contributed by atoms with van der Waals surface area (Å²) in [6.45, 7) is 0. The Morgan fingerprint density at radius 2 is 1.86 bits per heavy atom. The molecule has 0 saturated heterocycles. The van der Waals surface area contributed by atoms with E-state index in [4.69, 9.17) is 4.74 Å². The van der Waals surface area contributed by atoms with Gasteiger partial charge >= 0.3 is 0 Å². The third-order valence-electron chi connectivity index (χ3n) is 4.45. The quantitative estimate of drug-likeness (QED) is 0.389. The molecule has 0 radical (unpaired) electrons. The van der Waals surface area contributed by atoms with Crippen LogP contribution in [0.3, 0.4) is 0 Å². The highest BCUT2D eigenvalue weighted by Crippen LogP contribution is 2.31. The number of ether oxygens (including phenoxy) is 1. The lowest BCUT2D eigenvalue weighted by atomic mass is 10.1. The van der Waals surface area contributed by atoms with Crippen molar-refractivity contribution in [2.75, 3.05) is 12.4 Å². The average molecular weight is 388 g/mol. The number of fused-ring (bicyclic) bond motifs is 1. The van der Waals surface area contributed by atoms with E-state index in [1.54, 1.807) is 12.1 Å². The van der Waals surface area contributed by atoms with Crippen LogP contribution in [0.4, 0.5) is 11.4 Å². The van der Waals surface area contributed by atoms with Gasteiger partial charge in [0.2, 0.25) is 0 Å². The Labute approximate surface area is 165 Å². The predicted molar refractivity (Wildman–Crippen MR) is 109 cm³/mol. The normalized spacial score (nSPS) is 10.7. The van der Waals surface area contributed by atoms with Gasteiger partial charge in [0.1, 0.15) is 11.6 Å². The summed E-state index contributed by atoms with van der Waals surface area (Å²) >= 11 is 0. The van der Waals surface area contributed by atoms with E-state index in [0.717, 1.165) is 16.6 Å². The van der Waals surface area contributed by atoms with Gasteiger partial charge in [0.05, 0.1) is 28.8 Å². The zero-order chi connectivity index (χ0) is 20.4. The van der Waals surface area contributed by atoms with Gasteiger partial charge < -0.3 is 15.0 Å². The number of nitrogens with one attached hydrogen (secondary N) is 2. The summed E-state index contributed by atoms with van der Waals surface area (Å²) in [5, 5.41) is 13.6. The topological polar surface area (TPSA) is 110 Å². The lowest BCUT2D eigenvalue weighted by Gasteiger charge is -2.11. The maximum atomic E-state index is 12.6. The molecule has 1 amide bonds. The fraction of sp³-hybridized carbons (Fsp3) is 0.0476. The summed E-state index contributed by atoms with van der Waals surface area (Å²) in [4.78, 5) is 30.7. The highest BCUT2D eigenvalue weighted by atomic mass is 16.6. The Kier molecular flexibility index (Phi) is 4.66. The first-order valence-electron chi connectivity index (χ1n) is 8.74. The van der Waals surface area contributed by atoms with Crippen LogP contribution in [0.5, 0.6) is 5.75 Å². The SMILES string of the molecule is COc1ccc(-c2nc3ccccc3[nH]2)cc1NC(=O)c1ccc([N+](=O)[O-])cc1. The summed E-state index contributed by atoms with van der Waals surface area (Å²) in [5.74, 6) is 0.750. The molecule has 0 aliphatic rings. The van der Waals surface area contributed by atoms with Crippen molar-refractivity contribution in [1.29, 1.82) is 0 Å². The minimum Gasteiger partial charge on any atom is -0.495 e. The number of hydrogen-bond acceptors (Lipinski definition) is 5. The predicted octanol–water partition coefficient (Wildman–Crippen LogP) is 4.40. The molecule has 8 heteroatoms. The van der Waals surface area contributed by atoms with Crippen LogP contribution in [0.25, 0.3) is 22.4 Å². The van der Waals surface area contributed by atoms with E-state index in [1.807, 2.05) is 30.3 Å². The number of hydrogen-bond donors (Lipinski definition) is 2. The standard InChI is InChI=1S/C21H16N4O4/c1-29-19-11-8-14(20-22-16-4-2-3-5-17(16)23-20)12-18(19)24-21(26)13-6-9-15(10-7-13)25(27)28/h2-12H,1H3,(H,22,23)(H,24,26). The molecule has 0 spiro atoms. The number of methoxy groups -OCH3 is 1. The highest BCUT2D eigenvalue weighted by molar-refractivity contribution is 6.05. The molecule has 0 fully saturated rings. The second kappa shape index (κ2) is 7.43. The van der Waals surface area contributed by atoms with Crippen molar-refractivity contribution in [2.45, 2.75) is 0 Å². The van der Waals surface area contributed by atoms with Crippen molar-refractivity contribution >= 4 is 28.3 Å². The van der Waals surface area contributed by atoms with Gasteiger partial charge in [0.15, 0.2) is 0 Å². The van der Waals surface area contributed by atoms with Crippen molar-refractivity contribution in [2.24, 2.45) is 0 Å². The Morgan fingerprint density at radius 3 is 2.55 bits per heavy atom. The molecule has 4 aromatic rings. The summed E-state index contributed by atoms with van der Waals surface area (Å²) < 4.78 is 5.35. The molecule has 29 heavy (non-hydrogen) atoms. The van der Waals surface area contributed by atoms with E-state index in [2.05, 4.69) is 15.3 Å². The molecule has 0 atom stereocenters. The molecule has 0 aliphatic heterocycles. The Balaban J connectivity index is 1.64. The molecular formula is C21H16N4O4. The number of carbonyl (C=O) groups excluding carboxylic acids is 1. The largest absolute Gasteiger partial charge is 0.495 e. The number of amides is 1. The number of carbonyl (C=O) groups is 1. The van der Waals surface area contributed by atoms with Crippen molar-refractivity contribution < 1.29 is 14.5 Å². The zero-order valence-corrected chi connectivity index (χ0v) is 15.4. The van der Waals surface area contributed by atoms with E-state index in [9.17, 15) is 14.9 Å². The third-order valence-corrected chi connectivity index (χ3v) is 4.45. The van der Waals surface area contributed by atoms with Crippen LogP contribution >= 0.6 is 0 Å². The van der Waals surface area contributed by atoms with Crippen LogP contribution in [0, 0.1) is 10.1 Å². The summed E-state index contributed by atoms with van der Waals surface area (Å²) in [6, 6.07) is 18.4. The number of aromatic amines is 1. The van der Waals surface area contributed by atoms with E-state index in [1.165, 1.54) is 31.4 Å². The molecule has 3 aromatic carbocycles. The van der Waals surface area contributed by atoms with Gasteiger partial charge in [-0.3, -0.25) is 14.9 Å². The second-order valence-electron chi connectivity index (χ2n) is 6.28. The molecule has 144 valence electrons. The number of benzene rings is 3. The fourth-order valence-corrected chi connectivity index (χ4v) is 2.97. The van der Waals surface area contributed by atoms with Crippen molar-refractivity contribution in [3.63, 3.8) is 0 Å². The molecule has 0 saturated carbocycles. The summed E-state index contributed by atoms with van der Waals surface area (Å²) in [7, 11) is 1.51. The number of aromatic nitrogens is 2. The van der Waals surface area contributed by atoms with E-state index < -0.39 is 10.8 Å². The van der Waals surface area contributed by atoms with Gasteiger partial charge in [0, 0.05) is 23.3 Å². The number of para-hydroxylation sites is 2. The molecule has 4 rings (SSSR count). The smallest absolute Gasteiger partial charge is 0.269 e. The minimum atomic E-state index is -0.512. The number of rotatable bonds is 5. The Morgan fingerprint density at radius 1 is 1.10 bits per heavy atom. The lowest BCUT2D eigenvalue weighted by Crippen LogP contribution is -2.12. The molecule has 1 aromatic heterocycles. The van der Waals surface area contributed by atoms with Crippen LogP contribution in [-0.2, 0) is 0 Å². The number of anilines is 1. The van der Waals surface area contributed by atoms with E-state index in [-0.39, 0.29) is 5.69 Å². The van der Waals surface area contributed by atoms with Gasteiger partial charge in [0.25, 0.3) is 11.6 Å². The second-order valence-corrected chi connectivity index (χ2v) is 6.28. The fourth-order valence-electron chi connectivity index (χ4n) is 2.97. The molecule has 2 N–H and O–H groups in total. The first kappa shape index (κ1) is 18.2. The number of imidazole rings is 1. The number of non-ortho nitro benzene ring substituents is 1. The Bertz CT molecular complexity index is 1180. The first-order valence-corrected chi connectivity index (χ1v) is 8.74. The highest BCUT2D eigenvalue weighted by Gasteiger charge is 2.14. The molecule has 8 nitrogen and oxygen atoms in total. The van der Waals surface area contributed by atoms with Crippen LogP contribution < -0.4 is 10.1 Å². The summed E-state index contributed by atoms with van der Waals surface area (Å²) in [5.41, 5.74) is 3.22. The lowest BCUT2D eigenvalue weighted by molar-refractivity contribution is -0.384. The van der Waals surface area contributed by atoms with Crippen LogP contribution in [-0.4, -0.2) is 27.9 Å². The molecule has 0 unspecified atom stereocenters. The monoisotopic (exact) mass is 388 g/mol. The van der Waals surface area contributed by atoms with E-state index in [0.29, 0.717) is 22.8 Å². The van der Waals surface area contributed by atoms with E-state index >= 15 is 0 Å². The number of H-pyrrole nitrogens is 1. The number of nitro groups is 1. The van der Waals surface area contributed by atoms with Crippen molar-refractivity contribution in [1.82, 2.24) is 9.97 Å². The third kappa shape index (κ3) is 3.63. The van der Waals surface area contributed by atoms with Crippen LogP contribution in [0.1, 0.15) is 10.4 Å². The van der Waals surface area contributed by atoms with Gasteiger partial charge in [-0.15, -0.1) is 0 Å². The molecule has 0 bridgehead atoms. The van der Waals surface area contributed by atoms with Crippen LogP contribution in [0.2, 0.25) is 0 Å². The Hall–Kier alpha value is -4.20. The number of nitrogens with zero attached hydrogens (tertiary/aromatic N) is 2. The zero-order valence-electron chi connectivity index (χ0n) is 15.4. The van der Waals surface area contributed by atoms with Gasteiger partial charge in [-0.25, -0.2) is 4.98 Å². The first-order chi connectivity index (χ1) is 14.0. The van der Waals surface area contributed by atoms with Gasteiger partial charge in [-0.1, -0.05) is 12.1 Å². The maximum Gasteiger partial charge on any atom is 0.269 e. The van der Waals surface area contributed by atoms with Crippen LogP contribution in [0.15, 0.2) is 66.7 Å². The molecule has 0 aliphatic carbocycles. The molecule has 1 heterocycles. The summed E-state index contributed by atoms with van der Waals surface area (Å²) in [6.07, 6.45) is 0.